The predicted octanol–water partition coefficient (Wildman–Crippen LogP) is 1.01. The highest BCUT2D eigenvalue weighted by molar-refractivity contribution is 5.68. The van der Waals surface area contributed by atoms with Gasteiger partial charge in [0.05, 0.1) is 5.69 Å². The zero-order valence-corrected chi connectivity index (χ0v) is 6.40. The third-order valence-electron chi connectivity index (χ3n) is 1.86. The van der Waals surface area contributed by atoms with Gasteiger partial charge in [-0.2, -0.15) is 0 Å². The molecule has 0 amide bonds. The van der Waals surface area contributed by atoms with Crippen LogP contribution in [0.25, 0.3) is 6.08 Å². The second-order valence-electron chi connectivity index (χ2n) is 2.59. The van der Waals surface area contributed by atoms with E-state index in [-0.39, 0.29) is 7.47 Å². The number of hydrogen-bond donors (Lipinski definition) is 1. The molecule has 0 fully saturated rings. The lowest BCUT2D eigenvalue weighted by Crippen LogP contribution is -2.21. The molecule has 60 valence electrons. The van der Waals surface area contributed by atoms with Crippen LogP contribution in [-0.2, 0) is 4.79 Å². The van der Waals surface area contributed by atoms with Gasteiger partial charge in [-0.25, -0.2) is 0 Å². The monoisotopic (exact) mass is 161 g/mol. The molecule has 1 unspecified atom stereocenters. The van der Waals surface area contributed by atoms with E-state index in [0.29, 0.717) is 0 Å². The van der Waals surface area contributed by atoms with Crippen molar-refractivity contribution in [2.24, 2.45) is 0 Å². The Hall–Kier alpha value is -1.64. The molecule has 0 radical (unpaired) electrons. The molecule has 1 aromatic rings. The fourth-order valence-electron chi connectivity index (χ4n) is 1.27. The van der Waals surface area contributed by atoms with Crippen LogP contribution in [0.4, 0.5) is 0 Å². The van der Waals surface area contributed by atoms with Crippen LogP contribution >= 0.6 is 0 Å². The van der Waals surface area contributed by atoms with E-state index in [1.165, 1.54) is 0 Å². The van der Waals surface area contributed by atoms with Crippen LogP contribution in [0, 0.1) is 0 Å². The molecule has 1 aliphatic rings. The summed E-state index contributed by atoms with van der Waals surface area (Å²) in [5.41, 5.74) is 1.81. The number of nitrogens with one attached hydrogen (secondary N) is 1. The van der Waals surface area contributed by atoms with Gasteiger partial charge < -0.3 is 10.1 Å². The van der Waals surface area contributed by atoms with Crippen molar-refractivity contribution in [3.05, 3.63) is 35.8 Å². The second kappa shape index (κ2) is 2.77. The smallest absolute Gasteiger partial charge is 0.378 e. The molecule has 0 bridgehead atoms. The lowest BCUT2D eigenvalue weighted by atomic mass is 10.0. The van der Waals surface area contributed by atoms with E-state index in [1.54, 1.807) is 12.4 Å². The molecule has 0 saturated heterocycles. The highest BCUT2D eigenvalue weighted by Crippen LogP contribution is 2.18. The van der Waals surface area contributed by atoms with Gasteiger partial charge in [0.2, 0.25) is 0 Å². The fraction of sp³-hybridized carbons (Fsp3) is 0.111. The van der Waals surface area contributed by atoms with Crippen molar-refractivity contribution < 1.29 is 6.22 Å². The molecule has 0 aliphatic carbocycles. The van der Waals surface area contributed by atoms with E-state index in [1.807, 2.05) is 18.2 Å². The number of aromatic nitrogens is 1. The van der Waals surface area contributed by atoms with E-state index < -0.39 is 0 Å². The van der Waals surface area contributed by atoms with E-state index in [4.69, 9.17) is 0 Å². The van der Waals surface area contributed by atoms with Gasteiger partial charge >= 0.3 is 1.43 Å². The first-order valence-corrected chi connectivity index (χ1v) is 3.74. The first-order chi connectivity index (χ1) is 5.92. The minimum atomic E-state index is -0.237. The Labute approximate surface area is 71.6 Å². The van der Waals surface area contributed by atoms with E-state index in [2.05, 4.69) is 10.3 Å². The van der Waals surface area contributed by atoms with E-state index >= 15 is 0 Å². The van der Waals surface area contributed by atoms with Gasteiger partial charge in [-0.05, 0) is 18.3 Å². The second-order valence-corrected chi connectivity index (χ2v) is 2.59. The molecule has 2 rings (SSSR count). The summed E-state index contributed by atoms with van der Waals surface area (Å²) in [6.07, 6.45) is 6.20. The van der Waals surface area contributed by atoms with Gasteiger partial charge in [0, 0.05) is 11.8 Å². The summed E-state index contributed by atoms with van der Waals surface area (Å²) in [7, 11) is 0. The average molecular weight is 161 g/mol. The summed E-state index contributed by atoms with van der Waals surface area (Å²) in [6, 6.07) is 3.49. The molecule has 2 heterocycles. The van der Waals surface area contributed by atoms with Crippen LogP contribution in [0.3, 0.4) is 0 Å². The zero-order valence-electron chi connectivity index (χ0n) is 7.40. The van der Waals surface area contributed by atoms with Gasteiger partial charge in [0.25, 0.3) is 0 Å². The van der Waals surface area contributed by atoms with Crippen molar-refractivity contribution in [1.29, 1.82) is 0 Å². The number of carbonyl (C=O) groups is 1. The molecule has 1 aliphatic heterocycles. The Kier molecular flexibility index (Phi) is 1.63. The van der Waals surface area contributed by atoms with Gasteiger partial charge in [-0.3, -0.25) is 4.98 Å². The normalized spacial score (nSPS) is 19.5. The van der Waals surface area contributed by atoms with Crippen molar-refractivity contribution in [1.82, 2.24) is 10.3 Å². The van der Waals surface area contributed by atoms with Crippen LogP contribution in [0.15, 0.2) is 24.5 Å². The van der Waals surface area contributed by atoms with Crippen LogP contribution in [0.1, 0.15) is 18.7 Å². The number of pyridine rings is 1. The number of fused-ring (bicyclic) bond motifs is 1. The molecule has 1 N–H and O–H groups in total. The van der Waals surface area contributed by atoms with Crippen molar-refractivity contribution >= 4 is 12.4 Å². The summed E-state index contributed by atoms with van der Waals surface area (Å²) >= 11 is 0. The maximum absolute atomic E-state index is 10.6. The van der Waals surface area contributed by atoms with E-state index in [0.717, 1.165) is 17.5 Å². The average Bonchev–Trinajstić information content (AvgIpc) is 2.17. The van der Waals surface area contributed by atoms with Gasteiger partial charge in [0.15, 0.2) is 0 Å². The molecule has 0 spiro atoms. The number of hydrogen-bond acceptors (Lipinski definition) is 3. The molecular weight excluding hydrogens is 152 g/mol. The van der Waals surface area contributed by atoms with Crippen LogP contribution in [0.2, 0.25) is 0 Å². The van der Waals surface area contributed by atoms with Gasteiger partial charge in [-0.15, -0.1) is 0 Å². The minimum Gasteiger partial charge on any atom is -0.378 e. The third-order valence-corrected chi connectivity index (χ3v) is 1.86. The van der Waals surface area contributed by atoms with Crippen molar-refractivity contribution in [2.45, 2.75) is 6.04 Å². The molecule has 0 aromatic carbocycles. The lowest BCUT2D eigenvalue weighted by molar-refractivity contribution is -0.109. The largest absolute Gasteiger partial charge is 1.00 e. The molecule has 12 heavy (non-hydrogen) atoms. The van der Waals surface area contributed by atoms with Crippen LogP contribution in [-0.4, -0.2) is 11.3 Å². The Bertz CT molecular complexity index is 338. The van der Waals surface area contributed by atoms with Crippen molar-refractivity contribution in [3.8, 4) is 0 Å². The SMILES string of the molecule is O=CC1NC=Cc2ncccc21.[H+]. The Morgan fingerprint density at radius 1 is 1.67 bits per heavy atom. The van der Waals surface area contributed by atoms with Crippen molar-refractivity contribution in [2.75, 3.05) is 0 Å². The molecule has 0 saturated carbocycles. The van der Waals surface area contributed by atoms with Crippen LogP contribution < -0.4 is 5.32 Å². The number of nitrogens with zero attached hydrogens (tertiary/aromatic N) is 1. The Morgan fingerprint density at radius 3 is 3.42 bits per heavy atom. The summed E-state index contributed by atoms with van der Waals surface area (Å²) in [4.78, 5) is 14.7. The molecule has 1 aromatic heterocycles. The lowest BCUT2D eigenvalue weighted by Gasteiger charge is -2.16. The Morgan fingerprint density at radius 2 is 2.58 bits per heavy atom. The predicted molar refractivity (Wildman–Crippen MR) is 46.3 cm³/mol. The standard InChI is InChI=1S/C9H8N2O/c12-6-9-7-2-1-4-10-8(7)3-5-11-9/h1-6,9,11H/p+1. The first kappa shape index (κ1) is 7.03. The number of carbonyl (C=O) groups excluding carboxylic acids is 1. The van der Waals surface area contributed by atoms with Gasteiger partial charge in [-0.1, -0.05) is 6.07 Å². The number of rotatable bonds is 1. The maximum Gasteiger partial charge on any atom is 1.00 e. The summed E-state index contributed by atoms with van der Waals surface area (Å²) < 4.78 is 0. The Balaban J connectivity index is 0.000000845. The first-order valence-electron chi connectivity index (χ1n) is 3.74. The molecule has 3 heteroatoms. The van der Waals surface area contributed by atoms with Crippen molar-refractivity contribution in [3.63, 3.8) is 0 Å². The fourth-order valence-corrected chi connectivity index (χ4v) is 1.27. The molecule has 1 atom stereocenters. The minimum absolute atomic E-state index is 0. The number of aldehydes is 1. The summed E-state index contributed by atoms with van der Waals surface area (Å²) in [6.45, 7) is 0. The maximum atomic E-state index is 10.6. The summed E-state index contributed by atoms with van der Waals surface area (Å²) in [5, 5.41) is 2.94. The zero-order chi connectivity index (χ0) is 8.39. The highest BCUT2D eigenvalue weighted by Gasteiger charge is 2.14. The van der Waals surface area contributed by atoms with E-state index in [9.17, 15) is 4.79 Å². The van der Waals surface area contributed by atoms with Crippen LogP contribution in [0.5, 0.6) is 0 Å². The summed E-state index contributed by atoms with van der Waals surface area (Å²) in [5.74, 6) is 0. The quantitative estimate of drug-likeness (QED) is 0.625. The third kappa shape index (κ3) is 0.993. The topological polar surface area (TPSA) is 42.0 Å². The molecular formula is C9H9N2O+. The molecule has 3 nitrogen and oxygen atoms in total. The highest BCUT2D eigenvalue weighted by atomic mass is 16.1. The van der Waals surface area contributed by atoms with Gasteiger partial charge in [0.1, 0.15) is 12.3 Å².